The van der Waals surface area contributed by atoms with Gasteiger partial charge >= 0.3 is 5.69 Å². The summed E-state index contributed by atoms with van der Waals surface area (Å²) >= 11 is 0. The molecule has 0 aliphatic heterocycles. The summed E-state index contributed by atoms with van der Waals surface area (Å²) in [5.41, 5.74) is -1.12. The molecule has 10 heteroatoms. The lowest BCUT2D eigenvalue weighted by Crippen LogP contribution is -2.17. The molecule has 2 rings (SSSR count). The Morgan fingerprint density at radius 3 is 2.80 bits per heavy atom. The van der Waals surface area contributed by atoms with Gasteiger partial charge in [0.15, 0.2) is 11.6 Å². The highest BCUT2D eigenvalue weighted by Gasteiger charge is 2.21. The molecule has 0 atom stereocenters. The summed E-state index contributed by atoms with van der Waals surface area (Å²) in [7, 11) is 0. The Bertz CT molecular complexity index is 645. The summed E-state index contributed by atoms with van der Waals surface area (Å²) in [5, 5.41) is 24.2. The van der Waals surface area contributed by atoms with Gasteiger partial charge in [0.1, 0.15) is 5.69 Å². The van der Waals surface area contributed by atoms with Crippen LogP contribution in [0.25, 0.3) is 5.69 Å². The minimum atomic E-state index is -1.25. The third kappa shape index (κ3) is 2.59. The van der Waals surface area contributed by atoms with Gasteiger partial charge in [-0.2, -0.15) is 9.07 Å². The second-order valence-corrected chi connectivity index (χ2v) is 3.80. The van der Waals surface area contributed by atoms with Crippen molar-refractivity contribution >= 4 is 5.69 Å². The molecule has 0 aliphatic carbocycles. The quantitative estimate of drug-likeness (QED) is 0.648. The van der Waals surface area contributed by atoms with Gasteiger partial charge in [0.25, 0.3) is 0 Å². The number of nitrogens with one attached hydrogen (secondary N) is 1. The number of hydrogen-bond acceptors (Lipinski definition) is 6. The van der Waals surface area contributed by atoms with E-state index < -0.39 is 22.2 Å². The highest BCUT2D eigenvalue weighted by Crippen LogP contribution is 2.24. The van der Waals surface area contributed by atoms with Crippen molar-refractivity contribution in [3.63, 3.8) is 0 Å². The summed E-state index contributed by atoms with van der Waals surface area (Å²) in [6, 6.07) is 1.20. The summed E-state index contributed by atoms with van der Waals surface area (Å²) in [5.74, 6) is -1.98. The molecular weight excluding hydrogens is 274 g/mol. The van der Waals surface area contributed by atoms with Crippen molar-refractivity contribution in [3.8, 4) is 5.69 Å². The maximum atomic E-state index is 13.8. The standard InChI is InChI=1S/C10H10F2N6O2/c1-2-13-5-10-14-15-16-17(10)8-4-9(18(19)20)7(12)3-6(8)11/h3-4,13H,2,5H2,1H3. The average molecular weight is 284 g/mol. The Kier molecular flexibility index (Phi) is 3.94. The van der Waals surface area contributed by atoms with Gasteiger partial charge in [-0.1, -0.05) is 6.92 Å². The van der Waals surface area contributed by atoms with E-state index >= 15 is 0 Å². The van der Waals surface area contributed by atoms with Crippen molar-refractivity contribution in [3.05, 3.63) is 39.7 Å². The van der Waals surface area contributed by atoms with Gasteiger partial charge in [-0.15, -0.1) is 5.10 Å². The highest BCUT2D eigenvalue weighted by molar-refractivity contribution is 5.45. The van der Waals surface area contributed by atoms with Crippen LogP contribution in [0.4, 0.5) is 14.5 Å². The number of benzene rings is 1. The first-order valence-corrected chi connectivity index (χ1v) is 5.66. The molecule has 1 N–H and O–H groups in total. The molecule has 8 nitrogen and oxygen atoms in total. The second-order valence-electron chi connectivity index (χ2n) is 3.80. The van der Waals surface area contributed by atoms with Gasteiger partial charge in [-0.05, 0) is 17.0 Å². The van der Waals surface area contributed by atoms with Gasteiger partial charge in [0.2, 0.25) is 5.82 Å². The topological polar surface area (TPSA) is 98.8 Å². The van der Waals surface area contributed by atoms with E-state index in [-0.39, 0.29) is 18.1 Å². The summed E-state index contributed by atoms with van der Waals surface area (Å²) in [4.78, 5) is 9.74. The molecule has 0 unspecified atom stereocenters. The molecule has 0 aliphatic rings. The van der Waals surface area contributed by atoms with Gasteiger partial charge in [-0.3, -0.25) is 10.1 Å². The maximum absolute atomic E-state index is 13.8. The number of hydrogen-bond donors (Lipinski definition) is 1. The van der Waals surface area contributed by atoms with Crippen molar-refractivity contribution in [2.75, 3.05) is 6.54 Å². The fourth-order valence-corrected chi connectivity index (χ4v) is 1.57. The third-order valence-corrected chi connectivity index (χ3v) is 2.51. The van der Waals surface area contributed by atoms with Gasteiger partial charge < -0.3 is 5.32 Å². The first-order chi connectivity index (χ1) is 9.54. The number of tetrazole rings is 1. The Labute approximate surface area is 111 Å². The SMILES string of the molecule is CCNCc1nnnn1-c1cc([N+](=O)[O-])c(F)cc1F. The minimum Gasteiger partial charge on any atom is -0.310 e. The lowest BCUT2D eigenvalue weighted by Gasteiger charge is -2.06. The van der Waals surface area contributed by atoms with Crippen LogP contribution >= 0.6 is 0 Å². The third-order valence-electron chi connectivity index (χ3n) is 2.51. The van der Waals surface area contributed by atoms with Crippen molar-refractivity contribution in [1.29, 1.82) is 0 Å². The molecule has 2 aromatic rings. The van der Waals surface area contributed by atoms with Crippen molar-refractivity contribution < 1.29 is 13.7 Å². The molecule has 20 heavy (non-hydrogen) atoms. The molecule has 0 saturated heterocycles. The predicted octanol–water partition coefficient (Wildman–Crippen LogP) is 0.958. The first-order valence-electron chi connectivity index (χ1n) is 5.66. The van der Waals surface area contributed by atoms with Crippen LogP contribution in [0.15, 0.2) is 12.1 Å². The van der Waals surface area contributed by atoms with Crippen LogP contribution in [0.3, 0.4) is 0 Å². The molecule has 0 bridgehead atoms. The summed E-state index contributed by atoms with van der Waals surface area (Å²) < 4.78 is 28.0. The van der Waals surface area contributed by atoms with Crippen LogP contribution < -0.4 is 5.32 Å². The van der Waals surface area contributed by atoms with E-state index in [0.29, 0.717) is 12.6 Å². The fourth-order valence-electron chi connectivity index (χ4n) is 1.57. The molecular formula is C10H10F2N6O2. The lowest BCUT2D eigenvalue weighted by molar-refractivity contribution is -0.387. The Morgan fingerprint density at radius 2 is 2.15 bits per heavy atom. The molecule has 0 spiro atoms. The molecule has 1 aromatic heterocycles. The maximum Gasteiger partial charge on any atom is 0.307 e. The lowest BCUT2D eigenvalue weighted by atomic mass is 10.2. The van der Waals surface area contributed by atoms with Crippen LogP contribution in [-0.2, 0) is 6.54 Å². The fraction of sp³-hybridized carbons (Fsp3) is 0.300. The molecule has 1 heterocycles. The molecule has 0 radical (unpaired) electrons. The smallest absolute Gasteiger partial charge is 0.307 e. The van der Waals surface area contributed by atoms with Crippen LogP contribution in [0, 0.1) is 21.7 Å². The van der Waals surface area contributed by atoms with Gasteiger partial charge in [0, 0.05) is 12.1 Å². The summed E-state index contributed by atoms with van der Waals surface area (Å²) in [6.07, 6.45) is 0. The molecule has 106 valence electrons. The molecule has 0 amide bonds. The number of aromatic nitrogens is 4. The Hall–Kier alpha value is -2.49. The van der Waals surface area contributed by atoms with E-state index in [9.17, 15) is 18.9 Å². The van der Waals surface area contributed by atoms with Gasteiger partial charge in [0.05, 0.1) is 11.5 Å². The monoisotopic (exact) mass is 284 g/mol. The molecule has 0 fully saturated rings. The zero-order valence-electron chi connectivity index (χ0n) is 10.4. The van der Waals surface area contributed by atoms with E-state index in [1.165, 1.54) is 0 Å². The second kappa shape index (κ2) is 5.65. The zero-order valence-corrected chi connectivity index (χ0v) is 10.4. The van der Waals surface area contributed by atoms with Crippen molar-refractivity contribution in [1.82, 2.24) is 25.5 Å². The number of nitro groups is 1. The van der Waals surface area contributed by atoms with E-state index in [1.54, 1.807) is 0 Å². The van der Waals surface area contributed by atoms with E-state index in [2.05, 4.69) is 20.8 Å². The van der Waals surface area contributed by atoms with Crippen molar-refractivity contribution in [2.24, 2.45) is 0 Å². The van der Waals surface area contributed by atoms with Crippen molar-refractivity contribution in [2.45, 2.75) is 13.5 Å². The first kappa shape index (κ1) is 13.9. The Morgan fingerprint density at radius 1 is 1.40 bits per heavy atom. The highest BCUT2D eigenvalue weighted by atomic mass is 19.1. The number of nitro benzene ring substituents is 1. The van der Waals surface area contributed by atoms with Gasteiger partial charge in [-0.25, -0.2) is 4.39 Å². The van der Waals surface area contributed by atoms with Crippen LogP contribution in [0.1, 0.15) is 12.7 Å². The normalized spacial score (nSPS) is 10.8. The van der Waals surface area contributed by atoms with Crippen LogP contribution in [0.2, 0.25) is 0 Å². The zero-order chi connectivity index (χ0) is 14.7. The largest absolute Gasteiger partial charge is 0.310 e. The van der Waals surface area contributed by atoms with Crippen LogP contribution in [-0.4, -0.2) is 31.7 Å². The van der Waals surface area contributed by atoms with E-state index in [1.807, 2.05) is 6.92 Å². The Balaban J connectivity index is 2.50. The van der Waals surface area contributed by atoms with E-state index in [4.69, 9.17) is 0 Å². The molecule has 1 aromatic carbocycles. The number of nitrogens with zero attached hydrogens (tertiary/aromatic N) is 5. The van der Waals surface area contributed by atoms with Crippen LogP contribution in [0.5, 0.6) is 0 Å². The average Bonchev–Trinajstić information content (AvgIpc) is 2.84. The van der Waals surface area contributed by atoms with E-state index in [0.717, 1.165) is 10.7 Å². The predicted molar refractivity (Wildman–Crippen MR) is 63.1 cm³/mol. The minimum absolute atomic E-state index is 0.244. The summed E-state index contributed by atoms with van der Waals surface area (Å²) in [6.45, 7) is 2.74. The number of halogens is 2. The molecule has 0 saturated carbocycles. The number of rotatable bonds is 5.